The van der Waals surface area contributed by atoms with Crippen molar-refractivity contribution in [2.75, 3.05) is 19.6 Å². The van der Waals surface area contributed by atoms with Crippen molar-refractivity contribution in [3.05, 3.63) is 0 Å². The summed E-state index contributed by atoms with van der Waals surface area (Å²) in [6.45, 7) is 7.82. The zero-order valence-electron chi connectivity index (χ0n) is 16.3. The number of nitrogens with zero attached hydrogens (tertiary/aromatic N) is 1. The summed E-state index contributed by atoms with van der Waals surface area (Å²) in [5.74, 6) is 2.68. The minimum absolute atomic E-state index is 0.530. The topological polar surface area (TPSA) is 36.4 Å². The molecular formula is C21H41N3. The van der Waals surface area contributed by atoms with E-state index in [-0.39, 0.29) is 0 Å². The van der Waals surface area contributed by atoms with E-state index in [2.05, 4.69) is 29.5 Å². The predicted octanol–water partition coefficient (Wildman–Crippen LogP) is 4.91. The van der Waals surface area contributed by atoms with Crippen LogP contribution in [0.4, 0.5) is 0 Å². The minimum atomic E-state index is 0.530. The first-order valence-corrected chi connectivity index (χ1v) is 10.8. The van der Waals surface area contributed by atoms with E-state index >= 15 is 0 Å². The molecule has 24 heavy (non-hydrogen) atoms. The number of hydrogen-bond donors (Lipinski definition) is 2. The van der Waals surface area contributed by atoms with E-state index in [0.29, 0.717) is 5.92 Å². The molecule has 0 bridgehead atoms. The zero-order valence-corrected chi connectivity index (χ0v) is 16.3. The fraction of sp³-hybridized carbons (Fsp3) is 0.952. The third kappa shape index (κ3) is 7.13. The van der Waals surface area contributed by atoms with Gasteiger partial charge in [0.25, 0.3) is 0 Å². The number of rotatable bonds is 11. The molecule has 1 aliphatic heterocycles. The molecule has 0 saturated heterocycles. The van der Waals surface area contributed by atoms with Gasteiger partial charge >= 0.3 is 0 Å². The van der Waals surface area contributed by atoms with E-state index in [1.807, 2.05) is 0 Å². The molecule has 2 N–H and O–H groups in total. The molecule has 3 unspecified atom stereocenters. The third-order valence-electron chi connectivity index (χ3n) is 5.91. The van der Waals surface area contributed by atoms with Crippen LogP contribution >= 0.6 is 0 Å². The van der Waals surface area contributed by atoms with Crippen molar-refractivity contribution < 1.29 is 0 Å². The number of amidine groups is 1. The minimum Gasteiger partial charge on any atom is -0.374 e. The number of nitrogens with one attached hydrogen (secondary N) is 2. The van der Waals surface area contributed by atoms with Gasteiger partial charge in [-0.3, -0.25) is 4.99 Å². The van der Waals surface area contributed by atoms with E-state index < -0.39 is 0 Å². The van der Waals surface area contributed by atoms with Crippen molar-refractivity contribution in [1.82, 2.24) is 10.6 Å². The molecule has 1 saturated carbocycles. The highest BCUT2D eigenvalue weighted by atomic mass is 15.0. The molecule has 3 atom stereocenters. The van der Waals surface area contributed by atoms with Gasteiger partial charge in [0.05, 0.1) is 0 Å². The van der Waals surface area contributed by atoms with Gasteiger partial charge in [0.2, 0.25) is 0 Å². The highest BCUT2D eigenvalue weighted by molar-refractivity contribution is 5.84. The van der Waals surface area contributed by atoms with Crippen LogP contribution in [-0.4, -0.2) is 31.5 Å². The van der Waals surface area contributed by atoms with Crippen molar-refractivity contribution in [3.8, 4) is 0 Å². The lowest BCUT2D eigenvalue weighted by atomic mass is 9.81. The summed E-state index contributed by atoms with van der Waals surface area (Å²) in [6, 6.07) is 0.751. The van der Waals surface area contributed by atoms with Crippen molar-refractivity contribution in [1.29, 1.82) is 0 Å². The van der Waals surface area contributed by atoms with Gasteiger partial charge in [-0.15, -0.1) is 0 Å². The van der Waals surface area contributed by atoms with Crippen molar-refractivity contribution >= 4 is 5.84 Å². The van der Waals surface area contributed by atoms with Gasteiger partial charge < -0.3 is 10.6 Å². The Hall–Kier alpha value is -0.570. The van der Waals surface area contributed by atoms with E-state index in [1.165, 1.54) is 82.9 Å². The van der Waals surface area contributed by atoms with Crippen LogP contribution in [0, 0.1) is 11.8 Å². The highest BCUT2D eigenvalue weighted by Gasteiger charge is 2.25. The molecule has 0 aromatic rings. The average Bonchev–Trinajstić information content (AvgIpc) is 2.64. The maximum Gasteiger partial charge on any atom is 0.100 e. The van der Waals surface area contributed by atoms with E-state index in [1.54, 1.807) is 0 Å². The lowest BCUT2D eigenvalue weighted by molar-refractivity contribution is 0.240. The summed E-state index contributed by atoms with van der Waals surface area (Å²) in [4.78, 5) is 4.66. The molecule has 1 fully saturated rings. The predicted molar refractivity (Wildman–Crippen MR) is 106 cm³/mol. The van der Waals surface area contributed by atoms with Crippen LogP contribution in [-0.2, 0) is 0 Å². The summed E-state index contributed by atoms with van der Waals surface area (Å²) in [7, 11) is 0. The van der Waals surface area contributed by atoms with Gasteiger partial charge in [-0.1, -0.05) is 65.2 Å². The molecule has 0 amide bonds. The molecule has 2 rings (SSSR count). The Labute approximate surface area is 150 Å². The van der Waals surface area contributed by atoms with Gasteiger partial charge in [-0.2, -0.15) is 0 Å². The van der Waals surface area contributed by atoms with Gasteiger partial charge in [0.15, 0.2) is 0 Å². The largest absolute Gasteiger partial charge is 0.374 e. The lowest BCUT2D eigenvalue weighted by Crippen LogP contribution is -2.44. The summed E-state index contributed by atoms with van der Waals surface area (Å²) < 4.78 is 0. The third-order valence-corrected chi connectivity index (χ3v) is 5.91. The Bertz CT molecular complexity index is 353. The first-order chi connectivity index (χ1) is 11.8. The molecule has 0 radical (unpaired) electrons. The van der Waals surface area contributed by atoms with Crippen LogP contribution in [0.5, 0.6) is 0 Å². The Kier molecular flexibility index (Phi) is 9.79. The van der Waals surface area contributed by atoms with Gasteiger partial charge in [0, 0.05) is 31.6 Å². The first-order valence-electron chi connectivity index (χ1n) is 10.8. The summed E-state index contributed by atoms with van der Waals surface area (Å²) in [5, 5.41) is 7.40. The molecule has 1 heterocycles. The van der Waals surface area contributed by atoms with Crippen LogP contribution in [0.25, 0.3) is 0 Å². The van der Waals surface area contributed by atoms with E-state index in [0.717, 1.165) is 31.6 Å². The standard InChI is InChI=1S/C21H41N3/c1-3-4-5-6-7-8-12-19-13-9-10-14-20(19)24-17-18(2)21-22-15-11-16-23-21/h18-20,24H,3-17H2,1-2H3,(H,22,23). The highest BCUT2D eigenvalue weighted by Crippen LogP contribution is 2.29. The fourth-order valence-electron chi connectivity index (χ4n) is 4.31. The molecule has 0 spiro atoms. The second kappa shape index (κ2) is 11.9. The van der Waals surface area contributed by atoms with Crippen LogP contribution in [0.2, 0.25) is 0 Å². The van der Waals surface area contributed by atoms with Crippen molar-refractivity contribution in [3.63, 3.8) is 0 Å². The van der Waals surface area contributed by atoms with Crippen LogP contribution in [0.15, 0.2) is 4.99 Å². The van der Waals surface area contributed by atoms with Gasteiger partial charge in [0.1, 0.15) is 5.84 Å². The van der Waals surface area contributed by atoms with Gasteiger partial charge in [-0.05, 0) is 31.6 Å². The van der Waals surface area contributed by atoms with E-state index in [9.17, 15) is 0 Å². The first kappa shape index (κ1) is 19.8. The van der Waals surface area contributed by atoms with E-state index in [4.69, 9.17) is 0 Å². The lowest BCUT2D eigenvalue weighted by Gasteiger charge is -2.33. The molecule has 1 aliphatic carbocycles. The average molecular weight is 336 g/mol. The second-order valence-electron chi connectivity index (χ2n) is 8.06. The number of unbranched alkanes of at least 4 members (excludes halogenated alkanes) is 5. The maximum absolute atomic E-state index is 4.66. The molecule has 3 heteroatoms. The van der Waals surface area contributed by atoms with Crippen molar-refractivity contribution in [2.45, 2.75) is 96.9 Å². The monoisotopic (exact) mass is 335 g/mol. The number of hydrogen-bond acceptors (Lipinski definition) is 3. The Morgan fingerprint density at radius 3 is 2.67 bits per heavy atom. The maximum atomic E-state index is 4.66. The summed E-state index contributed by atoms with van der Waals surface area (Å²) in [5.41, 5.74) is 0. The number of aliphatic imine (C=N–C) groups is 1. The molecule has 2 aliphatic rings. The molecule has 3 nitrogen and oxygen atoms in total. The van der Waals surface area contributed by atoms with Crippen LogP contribution in [0.3, 0.4) is 0 Å². The normalized spacial score (nSPS) is 25.8. The molecule has 0 aromatic carbocycles. The SMILES string of the molecule is CCCCCCCCC1CCCCC1NCC(C)C1=NCCCN1. The zero-order chi connectivity index (χ0) is 17.0. The second-order valence-corrected chi connectivity index (χ2v) is 8.06. The van der Waals surface area contributed by atoms with Crippen molar-refractivity contribution in [2.24, 2.45) is 16.8 Å². The Morgan fingerprint density at radius 1 is 1.08 bits per heavy atom. The quantitative estimate of drug-likeness (QED) is 0.526. The van der Waals surface area contributed by atoms with Crippen LogP contribution in [0.1, 0.15) is 90.9 Å². The molecular weight excluding hydrogens is 294 g/mol. The fourth-order valence-corrected chi connectivity index (χ4v) is 4.31. The Balaban J connectivity index is 1.66. The van der Waals surface area contributed by atoms with Crippen LogP contribution < -0.4 is 10.6 Å². The molecule has 140 valence electrons. The molecule has 0 aromatic heterocycles. The summed E-state index contributed by atoms with van der Waals surface area (Å²) in [6.07, 6.45) is 16.9. The van der Waals surface area contributed by atoms with Gasteiger partial charge in [-0.25, -0.2) is 0 Å². The smallest absolute Gasteiger partial charge is 0.100 e. The summed E-state index contributed by atoms with van der Waals surface area (Å²) >= 11 is 0. The Morgan fingerprint density at radius 2 is 1.88 bits per heavy atom.